The van der Waals surface area contributed by atoms with E-state index in [1.165, 1.54) is 18.2 Å². The lowest BCUT2D eigenvalue weighted by molar-refractivity contribution is -0.115. The Kier molecular flexibility index (Phi) is 5.83. The zero-order chi connectivity index (χ0) is 17.5. The normalized spacial score (nSPS) is 10.3. The zero-order valence-corrected chi connectivity index (χ0v) is 12.9. The molecule has 126 valence electrons. The molecule has 0 atom stereocenters. The van der Waals surface area contributed by atoms with E-state index >= 15 is 0 Å². The van der Waals surface area contributed by atoms with Crippen LogP contribution >= 0.6 is 0 Å². The minimum absolute atomic E-state index is 0.105. The number of carbonyl (C=O) groups is 2. The Morgan fingerprint density at radius 3 is 2.46 bits per heavy atom. The van der Waals surface area contributed by atoms with E-state index in [9.17, 15) is 18.4 Å². The summed E-state index contributed by atoms with van der Waals surface area (Å²) in [7, 11) is 0. The molecule has 2 amide bonds. The van der Waals surface area contributed by atoms with E-state index < -0.39 is 12.5 Å². The fourth-order valence-corrected chi connectivity index (χ4v) is 2.05. The van der Waals surface area contributed by atoms with Crippen LogP contribution in [-0.2, 0) is 4.79 Å². The van der Waals surface area contributed by atoms with E-state index in [1.54, 1.807) is 37.3 Å². The van der Waals surface area contributed by atoms with Crippen LogP contribution in [0, 0.1) is 6.92 Å². The molecule has 7 heteroatoms. The lowest BCUT2D eigenvalue weighted by Gasteiger charge is -2.12. The van der Waals surface area contributed by atoms with E-state index in [0.717, 1.165) is 5.56 Å². The Morgan fingerprint density at radius 1 is 1.08 bits per heavy atom. The second-order valence-corrected chi connectivity index (χ2v) is 4.92. The van der Waals surface area contributed by atoms with Gasteiger partial charge in [-0.25, -0.2) is 0 Å². The average Bonchev–Trinajstić information content (AvgIpc) is 2.54. The number of amides is 2. The number of ether oxygens (including phenoxy) is 1. The maximum atomic E-state index is 12.3. The van der Waals surface area contributed by atoms with Crippen molar-refractivity contribution >= 4 is 17.5 Å². The molecule has 0 spiro atoms. The van der Waals surface area contributed by atoms with Gasteiger partial charge in [0.05, 0.1) is 12.2 Å². The van der Waals surface area contributed by atoms with Crippen LogP contribution in [0.5, 0.6) is 5.75 Å². The van der Waals surface area contributed by atoms with Gasteiger partial charge in [-0.2, -0.15) is 8.78 Å². The van der Waals surface area contributed by atoms with Crippen molar-refractivity contribution in [3.05, 3.63) is 59.7 Å². The number of carbonyl (C=O) groups excluding carboxylic acids is 2. The third kappa shape index (κ3) is 4.77. The minimum atomic E-state index is -3.00. The van der Waals surface area contributed by atoms with E-state index in [4.69, 9.17) is 0 Å². The first-order chi connectivity index (χ1) is 11.5. The Hall–Kier alpha value is -2.96. The van der Waals surface area contributed by atoms with Crippen molar-refractivity contribution in [1.82, 2.24) is 5.32 Å². The topological polar surface area (TPSA) is 67.4 Å². The molecule has 0 radical (unpaired) electrons. The van der Waals surface area contributed by atoms with Crippen LogP contribution in [0.2, 0.25) is 0 Å². The number of anilines is 1. The van der Waals surface area contributed by atoms with Gasteiger partial charge in [-0.3, -0.25) is 9.59 Å². The summed E-state index contributed by atoms with van der Waals surface area (Å²) in [6, 6.07) is 12.8. The fraction of sp³-hybridized carbons (Fsp3) is 0.176. The van der Waals surface area contributed by atoms with Crippen molar-refractivity contribution < 1.29 is 23.1 Å². The second-order valence-electron chi connectivity index (χ2n) is 4.92. The molecule has 2 aromatic carbocycles. The predicted molar refractivity (Wildman–Crippen MR) is 85.2 cm³/mol. The number of nitrogens with one attached hydrogen (secondary N) is 2. The summed E-state index contributed by atoms with van der Waals surface area (Å²) in [6.07, 6.45) is 0. The maximum Gasteiger partial charge on any atom is 0.387 e. The smallest absolute Gasteiger partial charge is 0.387 e. The Bertz CT molecular complexity index is 735. The average molecular weight is 334 g/mol. The van der Waals surface area contributed by atoms with E-state index in [-0.39, 0.29) is 23.9 Å². The van der Waals surface area contributed by atoms with Crippen molar-refractivity contribution in [3.63, 3.8) is 0 Å². The van der Waals surface area contributed by atoms with Crippen molar-refractivity contribution in [2.75, 3.05) is 11.9 Å². The molecule has 0 heterocycles. The molecule has 2 rings (SSSR count). The van der Waals surface area contributed by atoms with Gasteiger partial charge in [0, 0.05) is 5.56 Å². The standard InChI is InChI=1S/C17H16F2N2O3/c1-11-6-2-3-7-12(11)16(23)20-10-15(22)21-13-8-4-5-9-14(13)24-17(18)19/h2-9,17H,10H2,1H3,(H,20,23)(H,21,22). The number of halogens is 2. The maximum absolute atomic E-state index is 12.3. The summed E-state index contributed by atoms with van der Waals surface area (Å²) in [5.41, 5.74) is 1.35. The molecule has 0 saturated heterocycles. The minimum Gasteiger partial charge on any atom is -0.433 e. The lowest BCUT2D eigenvalue weighted by atomic mass is 10.1. The van der Waals surface area contributed by atoms with Gasteiger partial charge in [-0.1, -0.05) is 30.3 Å². The molecule has 0 aliphatic heterocycles. The van der Waals surface area contributed by atoms with E-state index in [2.05, 4.69) is 15.4 Å². The molecule has 0 aromatic heterocycles. The molecule has 0 bridgehead atoms. The van der Waals surface area contributed by atoms with Crippen LogP contribution in [0.4, 0.5) is 14.5 Å². The van der Waals surface area contributed by atoms with Crippen LogP contribution in [0.25, 0.3) is 0 Å². The Balaban J connectivity index is 1.95. The summed E-state index contributed by atoms with van der Waals surface area (Å²) < 4.78 is 29.0. The highest BCUT2D eigenvalue weighted by molar-refractivity contribution is 6.00. The third-order valence-corrected chi connectivity index (χ3v) is 3.18. The molecular weight excluding hydrogens is 318 g/mol. The molecular formula is C17H16F2N2O3. The van der Waals surface area contributed by atoms with Gasteiger partial charge >= 0.3 is 6.61 Å². The van der Waals surface area contributed by atoms with Gasteiger partial charge in [0.2, 0.25) is 5.91 Å². The second kappa shape index (κ2) is 8.05. The number of benzene rings is 2. The molecule has 24 heavy (non-hydrogen) atoms. The van der Waals surface area contributed by atoms with Crippen molar-refractivity contribution in [1.29, 1.82) is 0 Å². The third-order valence-electron chi connectivity index (χ3n) is 3.18. The van der Waals surface area contributed by atoms with E-state index in [1.807, 2.05) is 0 Å². The summed E-state index contributed by atoms with van der Waals surface area (Å²) >= 11 is 0. The molecule has 5 nitrogen and oxygen atoms in total. The molecule has 2 aromatic rings. The molecule has 0 fully saturated rings. The molecule has 0 aliphatic rings. The molecule has 0 unspecified atom stereocenters. The first-order valence-electron chi connectivity index (χ1n) is 7.15. The molecule has 2 N–H and O–H groups in total. The number of rotatable bonds is 6. The highest BCUT2D eigenvalue weighted by Crippen LogP contribution is 2.25. The van der Waals surface area contributed by atoms with Crippen LogP contribution in [-0.4, -0.2) is 25.0 Å². The van der Waals surface area contributed by atoms with Gasteiger partial charge in [-0.05, 0) is 30.7 Å². The van der Waals surface area contributed by atoms with Crippen molar-refractivity contribution in [2.24, 2.45) is 0 Å². The van der Waals surface area contributed by atoms with E-state index in [0.29, 0.717) is 5.56 Å². The lowest BCUT2D eigenvalue weighted by Crippen LogP contribution is -2.33. The number of para-hydroxylation sites is 2. The van der Waals surface area contributed by atoms with Crippen LogP contribution < -0.4 is 15.4 Å². The largest absolute Gasteiger partial charge is 0.433 e. The van der Waals surface area contributed by atoms with Crippen LogP contribution in [0.15, 0.2) is 48.5 Å². The quantitative estimate of drug-likeness (QED) is 0.853. The summed E-state index contributed by atoms with van der Waals surface area (Å²) in [4.78, 5) is 23.9. The van der Waals surface area contributed by atoms with Gasteiger partial charge in [-0.15, -0.1) is 0 Å². The van der Waals surface area contributed by atoms with Crippen LogP contribution in [0.3, 0.4) is 0 Å². The molecule has 0 saturated carbocycles. The Morgan fingerprint density at radius 2 is 1.75 bits per heavy atom. The first kappa shape index (κ1) is 17.4. The molecule has 0 aliphatic carbocycles. The predicted octanol–water partition coefficient (Wildman–Crippen LogP) is 2.96. The van der Waals surface area contributed by atoms with Gasteiger partial charge < -0.3 is 15.4 Å². The summed E-state index contributed by atoms with van der Waals surface area (Å²) in [6.45, 7) is -1.51. The number of hydrogen-bond acceptors (Lipinski definition) is 3. The summed E-state index contributed by atoms with van der Waals surface area (Å²) in [5, 5.41) is 4.91. The number of hydrogen-bond donors (Lipinski definition) is 2. The SMILES string of the molecule is Cc1ccccc1C(=O)NCC(=O)Nc1ccccc1OC(F)F. The van der Waals surface area contributed by atoms with Crippen LogP contribution in [0.1, 0.15) is 15.9 Å². The highest BCUT2D eigenvalue weighted by atomic mass is 19.3. The number of aryl methyl sites for hydroxylation is 1. The van der Waals surface area contributed by atoms with Gasteiger partial charge in [0.15, 0.2) is 0 Å². The Labute approximate surface area is 137 Å². The zero-order valence-electron chi connectivity index (χ0n) is 12.9. The highest BCUT2D eigenvalue weighted by Gasteiger charge is 2.13. The fourth-order valence-electron chi connectivity index (χ4n) is 2.05. The summed E-state index contributed by atoms with van der Waals surface area (Å²) in [5.74, 6) is -1.09. The monoisotopic (exact) mass is 334 g/mol. The van der Waals surface area contributed by atoms with Gasteiger partial charge in [0.1, 0.15) is 5.75 Å². The first-order valence-corrected chi connectivity index (χ1v) is 7.15. The number of alkyl halides is 2. The van der Waals surface area contributed by atoms with Crippen molar-refractivity contribution in [3.8, 4) is 5.75 Å². The van der Waals surface area contributed by atoms with Gasteiger partial charge in [0.25, 0.3) is 5.91 Å². The van der Waals surface area contributed by atoms with Crippen molar-refractivity contribution in [2.45, 2.75) is 13.5 Å².